The molecule has 0 aliphatic heterocycles. The number of aryl methyl sites for hydroxylation is 2. The fraction of sp³-hybridized carbons (Fsp3) is 0.278. The number of carbonyl (C=O) groups excluding carboxylic acids is 1. The minimum absolute atomic E-state index is 0.0725. The second-order valence-corrected chi connectivity index (χ2v) is 5.25. The van der Waals surface area contributed by atoms with Crippen LogP contribution >= 0.6 is 0 Å². The van der Waals surface area contributed by atoms with E-state index in [0.717, 1.165) is 22.3 Å². The van der Waals surface area contributed by atoms with Crippen LogP contribution in [0.1, 0.15) is 34.6 Å². The van der Waals surface area contributed by atoms with E-state index in [1.807, 2.05) is 56.3 Å². The molecule has 3 heteroatoms. The average Bonchev–Trinajstić information content (AvgIpc) is 2.50. The first-order chi connectivity index (χ1) is 10.0. The van der Waals surface area contributed by atoms with Crippen molar-refractivity contribution in [2.75, 3.05) is 7.11 Å². The summed E-state index contributed by atoms with van der Waals surface area (Å²) in [5.41, 5.74) is 3.71. The first-order valence-electron chi connectivity index (χ1n) is 6.94. The molecular weight excluding hydrogens is 264 g/mol. The molecule has 0 heterocycles. The molecule has 0 aliphatic rings. The number of hydrogen-bond acceptors (Lipinski definition) is 3. The Morgan fingerprint density at radius 3 is 2.19 bits per heavy atom. The number of phenolic OH excluding ortho intramolecular Hbond substituents is 1. The third-order valence-electron chi connectivity index (χ3n) is 3.72. The summed E-state index contributed by atoms with van der Waals surface area (Å²) in [7, 11) is 1.40. The molecule has 1 atom stereocenters. The normalized spacial score (nSPS) is 12.0. The van der Waals surface area contributed by atoms with E-state index in [-0.39, 0.29) is 18.3 Å². The Balaban J connectivity index is 2.47. The van der Waals surface area contributed by atoms with Crippen LogP contribution in [-0.4, -0.2) is 18.2 Å². The lowest BCUT2D eigenvalue weighted by Crippen LogP contribution is -2.10. The number of phenols is 1. The summed E-state index contributed by atoms with van der Waals surface area (Å²) in [5, 5.41) is 9.92. The summed E-state index contributed by atoms with van der Waals surface area (Å²) in [6.45, 7) is 3.73. The van der Waals surface area contributed by atoms with E-state index in [9.17, 15) is 9.90 Å². The molecule has 0 spiro atoms. The number of methoxy groups -OCH3 is 1. The van der Waals surface area contributed by atoms with Gasteiger partial charge < -0.3 is 9.84 Å². The van der Waals surface area contributed by atoms with Crippen LogP contribution in [0.3, 0.4) is 0 Å². The van der Waals surface area contributed by atoms with Crippen LogP contribution in [0.4, 0.5) is 0 Å². The number of aromatic hydroxyl groups is 1. The largest absolute Gasteiger partial charge is 0.507 e. The smallest absolute Gasteiger partial charge is 0.306 e. The lowest BCUT2D eigenvalue weighted by atomic mass is 9.86. The van der Waals surface area contributed by atoms with Crippen molar-refractivity contribution < 1.29 is 14.6 Å². The Labute approximate surface area is 125 Å². The number of rotatable bonds is 4. The molecule has 0 radical (unpaired) electrons. The highest BCUT2D eigenvalue weighted by atomic mass is 16.5. The van der Waals surface area contributed by atoms with Gasteiger partial charge in [0.1, 0.15) is 5.75 Å². The maximum absolute atomic E-state index is 11.7. The van der Waals surface area contributed by atoms with Crippen LogP contribution < -0.4 is 0 Å². The SMILES string of the molecule is COC(=O)CC(c1ccccc1)c1cc(C)c(O)c(C)c1. The van der Waals surface area contributed by atoms with Gasteiger partial charge in [0.2, 0.25) is 0 Å². The van der Waals surface area contributed by atoms with Crippen LogP contribution in [0.15, 0.2) is 42.5 Å². The van der Waals surface area contributed by atoms with Gasteiger partial charge in [-0.25, -0.2) is 0 Å². The number of hydrogen-bond donors (Lipinski definition) is 1. The minimum atomic E-state index is -0.243. The second-order valence-electron chi connectivity index (χ2n) is 5.25. The summed E-state index contributed by atoms with van der Waals surface area (Å²) < 4.78 is 4.82. The molecule has 0 amide bonds. The zero-order chi connectivity index (χ0) is 15.4. The predicted molar refractivity (Wildman–Crippen MR) is 82.5 cm³/mol. The van der Waals surface area contributed by atoms with Gasteiger partial charge in [-0.1, -0.05) is 42.5 Å². The Kier molecular flexibility index (Phi) is 4.63. The molecule has 2 rings (SSSR count). The number of benzene rings is 2. The standard InChI is InChI=1S/C18H20O3/c1-12-9-15(10-13(2)18(12)20)16(11-17(19)21-3)14-7-5-4-6-8-14/h4-10,16,20H,11H2,1-3H3. The third-order valence-corrected chi connectivity index (χ3v) is 3.72. The maximum atomic E-state index is 11.7. The van der Waals surface area contributed by atoms with Crippen molar-refractivity contribution in [2.45, 2.75) is 26.2 Å². The lowest BCUT2D eigenvalue weighted by molar-refractivity contribution is -0.140. The van der Waals surface area contributed by atoms with Gasteiger partial charge in [0.15, 0.2) is 0 Å². The number of ether oxygens (including phenoxy) is 1. The molecule has 21 heavy (non-hydrogen) atoms. The Bertz CT molecular complexity index is 609. The number of carbonyl (C=O) groups is 1. The van der Waals surface area contributed by atoms with E-state index in [0.29, 0.717) is 5.75 Å². The molecule has 0 aromatic heterocycles. The van der Waals surface area contributed by atoms with Crippen molar-refractivity contribution >= 4 is 5.97 Å². The van der Waals surface area contributed by atoms with E-state index in [1.54, 1.807) is 0 Å². The molecule has 1 N–H and O–H groups in total. The van der Waals surface area contributed by atoms with E-state index in [4.69, 9.17) is 4.74 Å². The van der Waals surface area contributed by atoms with Gasteiger partial charge >= 0.3 is 5.97 Å². The molecule has 0 saturated carbocycles. The van der Waals surface area contributed by atoms with Crippen molar-refractivity contribution in [1.29, 1.82) is 0 Å². The Morgan fingerprint density at radius 2 is 1.67 bits per heavy atom. The summed E-state index contributed by atoms with van der Waals surface area (Å²) in [5.74, 6) is -0.00693. The molecule has 2 aromatic carbocycles. The molecule has 0 aliphatic carbocycles. The molecule has 3 nitrogen and oxygen atoms in total. The van der Waals surface area contributed by atoms with Gasteiger partial charge in [-0.2, -0.15) is 0 Å². The van der Waals surface area contributed by atoms with Crippen molar-refractivity contribution in [3.05, 3.63) is 64.7 Å². The quantitative estimate of drug-likeness (QED) is 0.871. The molecule has 1 unspecified atom stereocenters. The third kappa shape index (κ3) is 3.43. The Hall–Kier alpha value is -2.29. The first-order valence-corrected chi connectivity index (χ1v) is 6.94. The molecule has 0 saturated heterocycles. The molecular formula is C18H20O3. The summed E-state index contributed by atoms with van der Waals surface area (Å²) >= 11 is 0. The maximum Gasteiger partial charge on any atom is 0.306 e. The minimum Gasteiger partial charge on any atom is -0.507 e. The topological polar surface area (TPSA) is 46.5 Å². The predicted octanol–water partition coefficient (Wildman–Crippen LogP) is 3.70. The molecule has 110 valence electrons. The average molecular weight is 284 g/mol. The number of esters is 1. The fourth-order valence-corrected chi connectivity index (χ4v) is 2.55. The first kappa shape index (κ1) is 15.1. The van der Waals surface area contributed by atoms with Gasteiger partial charge in [-0.15, -0.1) is 0 Å². The van der Waals surface area contributed by atoms with Crippen LogP contribution in [0.25, 0.3) is 0 Å². The molecule has 0 fully saturated rings. The van der Waals surface area contributed by atoms with Crippen LogP contribution in [0, 0.1) is 13.8 Å². The highest BCUT2D eigenvalue weighted by molar-refractivity contribution is 5.71. The molecule has 2 aromatic rings. The summed E-state index contributed by atoms with van der Waals surface area (Å²) in [4.78, 5) is 11.7. The Morgan fingerprint density at radius 1 is 1.10 bits per heavy atom. The zero-order valence-corrected chi connectivity index (χ0v) is 12.6. The summed E-state index contributed by atoms with van der Waals surface area (Å²) in [6, 6.07) is 13.7. The van der Waals surface area contributed by atoms with Gasteiger partial charge in [0.05, 0.1) is 13.5 Å². The van der Waals surface area contributed by atoms with Gasteiger partial charge in [-0.05, 0) is 36.1 Å². The monoisotopic (exact) mass is 284 g/mol. The highest BCUT2D eigenvalue weighted by Crippen LogP contribution is 2.33. The lowest BCUT2D eigenvalue weighted by Gasteiger charge is -2.19. The fourth-order valence-electron chi connectivity index (χ4n) is 2.55. The van der Waals surface area contributed by atoms with E-state index in [1.165, 1.54) is 7.11 Å². The zero-order valence-electron chi connectivity index (χ0n) is 12.6. The van der Waals surface area contributed by atoms with Crippen LogP contribution in [0.2, 0.25) is 0 Å². The molecule has 0 bridgehead atoms. The van der Waals surface area contributed by atoms with Crippen molar-refractivity contribution in [2.24, 2.45) is 0 Å². The highest BCUT2D eigenvalue weighted by Gasteiger charge is 2.20. The van der Waals surface area contributed by atoms with Crippen molar-refractivity contribution in [1.82, 2.24) is 0 Å². The van der Waals surface area contributed by atoms with E-state index >= 15 is 0 Å². The van der Waals surface area contributed by atoms with E-state index in [2.05, 4.69) is 0 Å². The van der Waals surface area contributed by atoms with E-state index < -0.39 is 0 Å². The van der Waals surface area contributed by atoms with Crippen LogP contribution in [-0.2, 0) is 9.53 Å². The van der Waals surface area contributed by atoms with Gasteiger partial charge in [-0.3, -0.25) is 4.79 Å². The second kappa shape index (κ2) is 6.44. The summed E-state index contributed by atoms with van der Waals surface area (Å²) in [6.07, 6.45) is 0.282. The van der Waals surface area contributed by atoms with Crippen molar-refractivity contribution in [3.63, 3.8) is 0 Å². The van der Waals surface area contributed by atoms with Gasteiger partial charge in [0.25, 0.3) is 0 Å². The van der Waals surface area contributed by atoms with Crippen molar-refractivity contribution in [3.8, 4) is 5.75 Å². The van der Waals surface area contributed by atoms with Crippen LogP contribution in [0.5, 0.6) is 5.75 Å². The van der Waals surface area contributed by atoms with Gasteiger partial charge in [0, 0.05) is 5.92 Å².